The third-order valence-corrected chi connectivity index (χ3v) is 2.28. The van der Waals surface area contributed by atoms with Gasteiger partial charge in [-0.1, -0.05) is 30.3 Å². The van der Waals surface area contributed by atoms with Crippen LogP contribution >= 0.6 is 0 Å². The summed E-state index contributed by atoms with van der Waals surface area (Å²) in [6.45, 7) is 9.66. The van der Waals surface area contributed by atoms with E-state index in [1.54, 1.807) is 0 Å². The topological polar surface area (TPSA) is 38.3 Å². The summed E-state index contributed by atoms with van der Waals surface area (Å²) >= 11 is 0. The highest BCUT2D eigenvalue weighted by Gasteiger charge is 2.26. The van der Waals surface area contributed by atoms with Gasteiger partial charge >= 0.3 is 5.97 Å². The van der Waals surface area contributed by atoms with Crippen molar-refractivity contribution in [1.82, 2.24) is 5.32 Å². The van der Waals surface area contributed by atoms with Gasteiger partial charge in [0, 0.05) is 6.04 Å². The molecule has 1 N–H and O–H groups in total. The molecule has 0 aliphatic heterocycles. The van der Waals surface area contributed by atoms with Crippen molar-refractivity contribution in [3.05, 3.63) is 35.9 Å². The van der Waals surface area contributed by atoms with Gasteiger partial charge in [-0.3, -0.25) is 5.32 Å². The number of hydrogen-bond donors (Lipinski definition) is 1. The van der Waals surface area contributed by atoms with E-state index in [0.717, 1.165) is 5.56 Å². The molecule has 0 radical (unpaired) electrons. The lowest BCUT2D eigenvalue weighted by molar-refractivity contribution is -0.157. The molecule has 1 unspecified atom stereocenters. The Morgan fingerprint density at radius 2 is 1.72 bits per heavy atom. The van der Waals surface area contributed by atoms with E-state index in [2.05, 4.69) is 5.32 Å². The number of benzene rings is 1. The van der Waals surface area contributed by atoms with Crippen LogP contribution in [0, 0.1) is 0 Å². The van der Waals surface area contributed by atoms with Crippen molar-refractivity contribution in [2.45, 2.75) is 52.3 Å². The second kappa shape index (κ2) is 6.01. The quantitative estimate of drug-likeness (QED) is 0.833. The molecule has 3 nitrogen and oxygen atoms in total. The highest BCUT2D eigenvalue weighted by molar-refractivity contribution is 5.78. The van der Waals surface area contributed by atoms with Crippen LogP contribution in [0.15, 0.2) is 30.3 Å². The highest BCUT2D eigenvalue weighted by Crippen LogP contribution is 2.19. The normalized spacial score (nSPS) is 13.4. The molecule has 1 atom stereocenters. The highest BCUT2D eigenvalue weighted by atomic mass is 16.6. The molecule has 100 valence electrons. The molecule has 0 aromatic heterocycles. The van der Waals surface area contributed by atoms with Crippen LogP contribution in [0.25, 0.3) is 0 Å². The average molecular weight is 249 g/mol. The van der Waals surface area contributed by atoms with Crippen molar-refractivity contribution < 1.29 is 9.53 Å². The summed E-state index contributed by atoms with van der Waals surface area (Å²) in [5.74, 6) is -0.234. The largest absolute Gasteiger partial charge is 0.459 e. The molecule has 0 amide bonds. The van der Waals surface area contributed by atoms with Gasteiger partial charge in [0.1, 0.15) is 11.6 Å². The van der Waals surface area contributed by atoms with E-state index >= 15 is 0 Å². The summed E-state index contributed by atoms with van der Waals surface area (Å²) in [5.41, 5.74) is 0.462. The Morgan fingerprint density at radius 3 is 2.17 bits per heavy atom. The molecule has 0 heterocycles. The minimum Gasteiger partial charge on any atom is -0.459 e. The number of nitrogens with one attached hydrogen (secondary N) is 1. The molecule has 0 fully saturated rings. The molecule has 0 spiro atoms. The average Bonchev–Trinajstić information content (AvgIpc) is 2.24. The number of hydrogen-bond acceptors (Lipinski definition) is 3. The van der Waals surface area contributed by atoms with E-state index < -0.39 is 11.6 Å². The lowest BCUT2D eigenvalue weighted by Gasteiger charge is -2.26. The Bertz CT molecular complexity index is 379. The molecule has 0 saturated heterocycles. The van der Waals surface area contributed by atoms with Crippen molar-refractivity contribution in [3.8, 4) is 0 Å². The van der Waals surface area contributed by atoms with Crippen LogP contribution in [0.5, 0.6) is 0 Å². The van der Waals surface area contributed by atoms with E-state index in [1.165, 1.54) is 0 Å². The molecule has 1 rings (SSSR count). The lowest BCUT2D eigenvalue weighted by Crippen LogP contribution is -2.38. The Balaban J connectivity index is 2.89. The van der Waals surface area contributed by atoms with Crippen LogP contribution in [0.3, 0.4) is 0 Å². The first-order valence-corrected chi connectivity index (χ1v) is 6.33. The molecule has 0 bridgehead atoms. The van der Waals surface area contributed by atoms with Gasteiger partial charge in [0.25, 0.3) is 0 Å². The number of carbonyl (C=O) groups excluding carboxylic acids is 1. The maximum atomic E-state index is 12.2. The Labute approximate surface area is 110 Å². The van der Waals surface area contributed by atoms with Crippen LogP contribution < -0.4 is 5.32 Å². The lowest BCUT2D eigenvalue weighted by atomic mass is 10.1. The first-order chi connectivity index (χ1) is 8.29. The summed E-state index contributed by atoms with van der Waals surface area (Å²) in [7, 11) is 0. The Hall–Kier alpha value is -1.35. The molecule has 0 aliphatic carbocycles. The van der Waals surface area contributed by atoms with E-state index in [-0.39, 0.29) is 12.0 Å². The predicted molar refractivity (Wildman–Crippen MR) is 73.3 cm³/mol. The van der Waals surface area contributed by atoms with Gasteiger partial charge in [-0.25, -0.2) is 4.79 Å². The van der Waals surface area contributed by atoms with E-state index in [9.17, 15) is 4.79 Å². The van der Waals surface area contributed by atoms with Gasteiger partial charge in [0.15, 0.2) is 0 Å². The smallest absolute Gasteiger partial charge is 0.328 e. The zero-order valence-corrected chi connectivity index (χ0v) is 11.9. The molecule has 0 saturated carbocycles. The Kier molecular flexibility index (Phi) is 4.91. The van der Waals surface area contributed by atoms with E-state index in [1.807, 2.05) is 65.0 Å². The number of ether oxygens (including phenoxy) is 1. The van der Waals surface area contributed by atoms with Crippen LogP contribution in [0.2, 0.25) is 0 Å². The maximum absolute atomic E-state index is 12.2. The molecule has 18 heavy (non-hydrogen) atoms. The fourth-order valence-corrected chi connectivity index (χ4v) is 1.64. The molecule has 0 aliphatic rings. The van der Waals surface area contributed by atoms with Gasteiger partial charge in [0.2, 0.25) is 0 Å². The molecular formula is C15H23NO2. The third kappa shape index (κ3) is 4.88. The van der Waals surface area contributed by atoms with Gasteiger partial charge in [-0.15, -0.1) is 0 Å². The van der Waals surface area contributed by atoms with Crippen LogP contribution in [0.4, 0.5) is 0 Å². The second-order valence-electron chi connectivity index (χ2n) is 5.70. The van der Waals surface area contributed by atoms with E-state index in [0.29, 0.717) is 0 Å². The molecular weight excluding hydrogens is 226 g/mol. The monoisotopic (exact) mass is 249 g/mol. The van der Waals surface area contributed by atoms with Crippen molar-refractivity contribution >= 4 is 5.97 Å². The minimum atomic E-state index is -0.469. The summed E-state index contributed by atoms with van der Waals surface area (Å²) in [4.78, 5) is 12.2. The van der Waals surface area contributed by atoms with Crippen molar-refractivity contribution in [1.29, 1.82) is 0 Å². The van der Waals surface area contributed by atoms with Gasteiger partial charge in [0.05, 0.1) is 0 Å². The summed E-state index contributed by atoms with van der Waals surface area (Å²) in [6.07, 6.45) is 0. The van der Waals surface area contributed by atoms with Gasteiger partial charge in [-0.2, -0.15) is 0 Å². The fourth-order valence-electron chi connectivity index (χ4n) is 1.64. The molecule has 3 heteroatoms. The first kappa shape index (κ1) is 14.7. The number of rotatable bonds is 4. The Morgan fingerprint density at radius 1 is 1.17 bits per heavy atom. The zero-order chi connectivity index (χ0) is 13.8. The third-order valence-electron chi connectivity index (χ3n) is 2.28. The van der Waals surface area contributed by atoms with Crippen LogP contribution in [-0.2, 0) is 9.53 Å². The molecule has 1 aromatic carbocycles. The summed E-state index contributed by atoms with van der Waals surface area (Å²) in [5, 5.41) is 3.24. The molecule has 1 aromatic rings. The van der Waals surface area contributed by atoms with E-state index in [4.69, 9.17) is 4.74 Å². The van der Waals surface area contributed by atoms with Crippen LogP contribution in [-0.4, -0.2) is 17.6 Å². The van der Waals surface area contributed by atoms with Crippen molar-refractivity contribution in [2.75, 3.05) is 0 Å². The summed E-state index contributed by atoms with van der Waals surface area (Å²) < 4.78 is 5.45. The van der Waals surface area contributed by atoms with Crippen molar-refractivity contribution in [2.24, 2.45) is 0 Å². The van der Waals surface area contributed by atoms with Crippen molar-refractivity contribution in [3.63, 3.8) is 0 Å². The number of carbonyl (C=O) groups is 1. The van der Waals surface area contributed by atoms with Crippen LogP contribution in [0.1, 0.15) is 46.2 Å². The maximum Gasteiger partial charge on any atom is 0.328 e. The minimum absolute atomic E-state index is 0.211. The second-order valence-corrected chi connectivity index (χ2v) is 5.70. The predicted octanol–water partition coefficient (Wildman–Crippen LogP) is 3.07. The zero-order valence-electron chi connectivity index (χ0n) is 11.9. The number of esters is 1. The summed E-state index contributed by atoms with van der Waals surface area (Å²) in [6, 6.07) is 9.45. The fraction of sp³-hybridized carbons (Fsp3) is 0.533. The first-order valence-electron chi connectivity index (χ1n) is 6.33. The van der Waals surface area contributed by atoms with Gasteiger partial charge < -0.3 is 4.74 Å². The van der Waals surface area contributed by atoms with Gasteiger partial charge in [-0.05, 0) is 40.2 Å². The SMILES string of the molecule is CC(C)NC(C(=O)OC(C)(C)C)c1ccccc1. The standard InChI is InChI=1S/C15H23NO2/c1-11(2)16-13(12-9-7-6-8-10-12)14(17)18-15(3,4)5/h6-11,13,16H,1-5H3.